The van der Waals surface area contributed by atoms with Crippen LogP contribution in [-0.2, 0) is 45.8 Å². The molecule has 15 nitrogen and oxygen atoms in total. The molecule has 21 aromatic rings. The highest BCUT2D eigenvalue weighted by Crippen LogP contribution is 2.46. The number of halogens is 4. The zero-order chi connectivity index (χ0) is 102. The number of aromatic amines is 1. The molecule has 22 heteroatoms. The highest BCUT2D eigenvalue weighted by Gasteiger charge is 2.31. The molecule has 0 atom stereocenters. The Morgan fingerprint density at radius 1 is 0.252 bits per heavy atom. The summed E-state index contributed by atoms with van der Waals surface area (Å²) in [6.45, 7) is 19.7. The summed E-state index contributed by atoms with van der Waals surface area (Å²) in [4.78, 5) is 4.58. The van der Waals surface area contributed by atoms with Gasteiger partial charge >= 0.3 is 0 Å². The monoisotopic (exact) mass is 2260 g/mol. The first-order valence-electron chi connectivity index (χ1n) is 46.9. The van der Waals surface area contributed by atoms with Gasteiger partial charge in [-0.3, -0.25) is 0 Å². The number of fused-ring (bicyclic) bond motifs is 9. The fraction of sp³-hybridized carbons (Fsp3) is 0.136. The van der Waals surface area contributed by atoms with E-state index in [1.807, 2.05) is 24.3 Å². The number of methoxy groups -OCH3 is 3. The van der Waals surface area contributed by atoms with E-state index < -0.39 is 34.9 Å². The van der Waals surface area contributed by atoms with E-state index in [-0.39, 0.29) is 55.1 Å². The number of nitrogens with one attached hydrogen (secondary N) is 1. The lowest BCUT2D eigenvalue weighted by molar-refractivity contribution is 0.414. The number of aromatic nitrogens is 3. The Labute approximate surface area is 893 Å². The number of rotatable bonds is 23. The zero-order valence-corrected chi connectivity index (χ0v) is 90.6. The molecule has 0 amide bonds. The van der Waals surface area contributed by atoms with Crippen LogP contribution in [0, 0.1) is 20.8 Å². The van der Waals surface area contributed by atoms with Crippen LogP contribution in [0.25, 0.3) is 76.8 Å². The standard InChI is InChI=1S/C53H42N2O4S.C29H26Br2O4S.C29H28O4S.C12H9N.2CH4.Br2/c1-35-21-22-36(33-50(35)54-46-17-9-5-13-42(46)43-14-6-10-18-47(43)54)53(2,3)37-23-32-52(51(34-37)55-48-19-11-7-15-44(48)45-16-8-12-20-49(45)55)59-39-26-30-41(31-27-39)60(56,57)40-28-24-38(58-4)25-29-40;1-19-5-6-20(17-26(19)30)29(2,3)21-7-16-28(27(31)18-21)35-23-10-14-25(15-11-23)36(32,33)24-12-8-22(34-4)9-13-24;1-21-5-7-22(8-6-21)29(2,3)23-9-11-25(12-10-23)33-26-15-19-28(20-16-26)34(30,31)27-17-13-24(32-4)14-18-27;1-3-7-11-9(5-1)10-6-2-4-8-12(10)13-11;;;1-2/h5-34H,1-4H3;5-18H,1-4H3;5-20H,1-4H3;1-8,13H;2*1H4;. The van der Waals surface area contributed by atoms with Crippen LogP contribution >= 0.6 is 60.1 Å². The molecule has 21 rings (SSSR count). The minimum atomic E-state index is -3.75. The lowest BCUT2D eigenvalue weighted by Crippen LogP contribution is -2.20. The molecular formula is C125H113Br4N3O12S3. The first kappa shape index (κ1) is 107. The molecule has 0 bridgehead atoms. The number of nitrogens with zero attached hydrogens (tertiary/aromatic N) is 2. The van der Waals surface area contributed by atoms with E-state index >= 15 is 0 Å². The summed E-state index contributed by atoms with van der Waals surface area (Å²) in [5.74, 6) is 5.40. The SMILES string of the molecule is BrBr.C.C.COc1ccc(S(=O)(=O)c2ccc(Oc3ccc(C(C)(C)c4ccc(C)c(-n5c6ccccc6c6ccccc65)c4)cc3-n3c4ccccc4c4ccccc43)cc2)cc1.COc1ccc(S(=O)(=O)c2ccc(Oc3ccc(C(C)(C)c4ccc(C)c(Br)c4)cc3Br)cc2)cc1.COc1ccc(S(=O)(=O)c2ccc(Oc3ccc(C(C)(C)c4ccc(C)cc4)cc3)cc2)cc1.c1ccc2c(c1)[nH]c1ccccc12. The van der Waals surface area contributed by atoms with Crippen LogP contribution in [0.3, 0.4) is 0 Å². The summed E-state index contributed by atoms with van der Waals surface area (Å²) in [5, 5.41) is 7.36. The molecule has 0 saturated heterocycles. The molecule has 0 unspecified atom stereocenters. The van der Waals surface area contributed by atoms with E-state index in [0.29, 0.717) is 51.7 Å². The van der Waals surface area contributed by atoms with Crippen molar-refractivity contribution in [3.8, 4) is 63.1 Å². The summed E-state index contributed by atoms with van der Waals surface area (Å²) < 4.78 is 120. The fourth-order valence-corrected chi connectivity index (χ4v) is 22.7. The van der Waals surface area contributed by atoms with Crippen molar-refractivity contribution in [2.24, 2.45) is 0 Å². The Kier molecular flexibility index (Phi) is 33.2. The highest BCUT2D eigenvalue weighted by molar-refractivity contribution is 9.93. The van der Waals surface area contributed by atoms with Gasteiger partial charge in [-0.25, -0.2) is 25.3 Å². The van der Waals surface area contributed by atoms with Gasteiger partial charge in [-0.2, -0.15) is 0 Å². The van der Waals surface area contributed by atoms with Crippen LogP contribution in [0.15, 0.2) is 451 Å². The molecule has 3 heterocycles. The number of ether oxygens (including phenoxy) is 6. The maximum absolute atomic E-state index is 13.5. The van der Waals surface area contributed by atoms with E-state index in [9.17, 15) is 25.3 Å². The van der Waals surface area contributed by atoms with E-state index in [4.69, 9.17) is 28.4 Å². The summed E-state index contributed by atoms with van der Waals surface area (Å²) in [6, 6.07) is 132. The van der Waals surface area contributed by atoms with Crippen molar-refractivity contribution in [2.45, 2.75) is 123 Å². The highest BCUT2D eigenvalue weighted by atomic mass is 80.9. The molecule has 147 heavy (non-hydrogen) atoms. The number of sulfone groups is 3. The number of hydrogen-bond acceptors (Lipinski definition) is 12. The molecule has 1 N–H and O–H groups in total. The quantitative estimate of drug-likeness (QED) is 0.0640. The molecule has 0 fully saturated rings. The number of H-pyrrole nitrogens is 1. The van der Waals surface area contributed by atoms with Crippen LogP contribution in [0.1, 0.15) is 106 Å². The van der Waals surface area contributed by atoms with Crippen LogP contribution in [0.2, 0.25) is 0 Å². The van der Waals surface area contributed by atoms with Crippen LogP contribution in [-0.4, -0.2) is 60.7 Å². The van der Waals surface area contributed by atoms with Crippen molar-refractivity contribution in [1.29, 1.82) is 0 Å². The van der Waals surface area contributed by atoms with Gasteiger partial charge in [-0.05, 0) is 312 Å². The molecule has 0 spiro atoms. The Balaban J connectivity index is 0.000000160. The zero-order valence-electron chi connectivity index (χ0n) is 81.8. The summed E-state index contributed by atoms with van der Waals surface area (Å²) in [7, 11) is -6.37. The summed E-state index contributed by atoms with van der Waals surface area (Å²) in [6.07, 6.45) is 0. The summed E-state index contributed by atoms with van der Waals surface area (Å²) >= 11 is 12.8. The third kappa shape index (κ3) is 22.6. The molecule has 746 valence electrons. The second kappa shape index (κ2) is 45.5. The lowest BCUT2D eigenvalue weighted by Gasteiger charge is -2.29. The number of para-hydroxylation sites is 6. The second-order valence-electron chi connectivity index (χ2n) is 36.8. The Hall–Kier alpha value is -14.1. The van der Waals surface area contributed by atoms with Crippen LogP contribution < -0.4 is 28.4 Å². The van der Waals surface area contributed by atoms with Gasteiger partial charge < -0.3 is 42.5 Å². The van der Waals surface area contributed by atoms with Gasteiger partial charge in [-0.1, -0.05) is 260 Å². The maximum atomic E-state index is 13.5. The average molecular weight is 2270 g/mol. The van der Waals surface area contributed by atoms with Gasteiger partial charge in [0.1, 0.15) is 46.0 Å². The second-order valence-corrected chi connectivity index (χ2v) is 44.3. The van der Waals surface area contributed by atoms with Gasteiger partial charge in [0.05, 0.1) is 82.9 Å². The first-order valence-corrected chi connectivity index (χ1v) is 56.6. The average Bonchev–Trinajstić information content (AvgIpc) is 1.59. The van der Waals surface area contributed by atoms with Gasteiger partial charge in [-0.15, -0.1) is 0 Å². The van der Waals surface area contributed by atoms with E-state index in [0.717, 1.165) is 53.3 Å². The van der Waals surface area contributed by atoms with Crippen molar-refractivity contribution in [3.63, 3.8) is 0 Å². The third-order valence-electron chi connectivity index (χ3n) is 26.8. The molecule has 0 radical (unpaired) electrons. The molecule has 18 aromatic carbocycles. The predicted molar refractivity (Wildman–Crippen MR) is 615 cm³/mol. The maximum Gasteiger partial charge on any atom is 0.206 e. The molecule has 0 saturated carbocycles. The van der Waals surface area contributed by atoms with Crippen molar-refractivity contribution in [3.05, 3.63) is 472 Å². The van der Waals surface area contributed by atoms with Crippen molar-refractivity contribution in [1.82, 2.24) is 14.1 Å². The van der Waals surface area contributed by atoms with Gasteiger partial charge in [0, 0.05) is 98.0 Å². The van der Waals surface area contributed by atoms with Gasteiger partial charge in [0.2, 0.25) is 29.5 Å². The number of aryl methyl sites for hydroxylation is 3. The fourth-order valence-electron chi connectivity index (χ4n) is 18.1. The lowest BCUT2D eigenvalue weighted by atomic mass is 9.77. The first-order chi connectivity index (χ1) is 69.8. The molecule has 0 aliphatic carbocycles. The summed E-state index contributed by atoms with van der Waals surface area (Å²) in [5.41, 5.74) is 18.9. The third-order valence-corrected chi connectivity index (χ3v) is 33.6. The smallest absolute Gasteiger partial charge is 0.206 e. The number of hydrogen-bond donors (Lipinski definition) is 1. The van der Waals surface area contributed by atoms with Crippen LogP contribution in [0.5, 0.6) is 51.7 Å². The normalized spacial score (nSPS) is 11.6. The van der Waals surface area contributed by atoms with Crippen molar-refractivity contribution >= 4 is 155 Å². The molecule has 3 aromatic heterocycles. The van der Waals surface area contributed by atoms with Crippen molar-refractivity contribution < 1.29 is 53.7 Å². The molecule has 0 aliphatic heterocycles. The minimum Gasteiger partial charge on any atom is -0.497 e. The molecule has 0 aliphatic rings. The largest absolute Gasteiger partial charge is 0.497 e. The molecular weight excluding hydrogens is 2150 g/mol. The van der Waals surface area contributed by atoms with Gasteiger partial charge in [0.25, 0.3) is 0 Å². The Bertz CT molecular complexity index is 8500. The van der Waals surface area contributed by atoms with Gasteiger partial charge in [0.15, 0.2) is 5.75 Å². The van der Waals surface area contributed by atoms with E-state index in [1.54, 1.807) is 136 Å². The topological polar surface area (TPSA) is 183 Å². The number of benzene rings is 18. The van der Waals surface area contributed by atoms with E-state index in [2.05, 4.69) is 379 Å². The van der Waals surface area contributed by atoms with Crippen LogP contribution in [0.4, 0.5) is 0 Å². The van der Waals surface area contributed by atoms with Crippen molar-refractivity contribution in [2.75, 3.05) is 21.3 Å². The Morgan fingerprint density at radius 2 is 0.503 bits per heavy atom. The predicted octanol–water partition coefficient (Wildman–Crippen LogP) is 34.9. The Morgan fingerprint density at radius 3 is 0.850 bits per heavy atom. The minimum absolute atomic E-state index is 0. The van der Waals surface area contributed by atoms with E-state index in [1.165, 1.54) is 114 Å².